The lowest BCUT2D eigenvalue weighted by molar-refractivity contribution is 0.187. The average Bonchev–Trinajstić information content (AvgIpc) is 2.18. The summed E-state index contributed by atoms with van der Waals surface area (Å²) in [5.41, 5.74) is 1.96. The quantitative estimate of drug-likeness (QED) is 0.784. The van der Waals surface area contributed by atoms with Crippen LogP contribution in [-0.2, 0) is 4.74 Å². The molecule has 0 radical (unpaired) electrons. The number of benzene rings is 1. The largest absolute Gasteiger partial charge is 0.453 e. The maximum atomic E-state index is 10.9. The molecule has 0 spiro atoms. The molecule has 1 amide bonds. The molecule has 14 heavy (non-hydrogen) atoms. The summed E-state index contributed by atoms with van der Waals surface area (Å²) in [5, 5.41) is 2.63. The lowest BCUT2D eigenvalue weighted by Crippen LogP contribution is -2.10. The molecule has 0 aromatic heterocycles. The highest BCUT2D eigenvalue weighted by Gasteiger charge is 2.03. The van der Waals surface area contributed by atoms with Crippen LogP contribution in [0.2, 0.25) is 0 Å². The molecule has 0 heterocycles. The first-order chi connectivity index (χ1) is 6.63. The van der Waals surface area contributed by atoms with E-state index in [4.69, 9.17) is 0 Å². The van der Waals surface area contributed by atoms with E-state index in [-0.39, 0.29) is 0 Å². The molecule has 0 saturated heterocycles. The van der Waals surface area contributed by atoms with E-state index in [1.54, 1.807) is 0 Å². The van der Waals surface area contributed by atoms with Crippen molar-refractivity contribution in [1.82, 2.24) is 0 Å². The first kappa shape index (κ1) is 10.6. The molecule has 1 N–H and O–H groups in total. The Morgan fingerprint density at radius 1 is 1.43 bits per heavy atom. The summed E-state index contributed by atoms with van der Waals surface area (Å²) in [5.74, 6) is 0.453. The highest BCUT2D eigenvalue weighted by molar-refractivity contribution is 5.84. The minimum Gasteiger partial charge on any atom is -0.453 e. The number of methoxy groups -OCH3 is 1. The Bertz CT molecular complexity index is 321. The van der Waals surface area contributed by atoms with E-state index in [1.165, 1.54) is 12.7 Å². The van der Waals surface area contributed by atoms with Crippen molar-refractivity contribution in [1.29, 1.82) is 0 Å². The van der Waals surface area contributed by atoms with Gasteiger partial charge in [0.05, 0.1) is 7.11 Å². The van der Waals surface area contributed by atoms with E-state index in [9.17, 15) is 4.79 Å². The molecule has 1 aromatic carbocycles. The van der Waals surface area contributed by atoms with Crippen molar-refractivity contribution in [2.75, 3.05) is 12.4 Å². The average molecular weight is 193 g/mol. The topological polar surface area (TPSA) is 38.3 Å². The molecule has 76 valence electrons. The van der Waals surface area contributed by atoms with Gasteiger partial charge >= 0.3 is 6.09 Å². The molecule has 3 heteroatoms. The van der Waals surface area contributed by atoms with Crippen LogP contribution in [0.1, 0.15) is 25.3 Å². The normalized spacial score (nSPS) is 10.0. The van der Waals surface area contributed by atoms with E-state index in [0.29, 0.717) is 5.92 Å². The summed E-state index contributed by atoms with van der Waals surface area (Å²) in [6, 6.07) is 7.73. The Morgan fingerprint density at radius 3 is 2.71 bits per heavy atom. The minimum atomic E-state index is -0.439. The van der Waals surface area contributed by atoms with Gasteiger partial charge in [-0.05, 0) is 23.6 Å². The van der Waals surface area contributed by atoms with E-state index >= 15 is 0 Å². The third kappa shape index (κ3) is 2.76. The van der Waals surface area contributed by atoms with Gasteiger partial charge in [-0.15, -0.1) is 0 Å². The fourth-order valence-corrected chi connectivity index (χ4v) is 1.14. The molecule has 0 atom stereocenters. The number of nitrogens with one attached hydrogen (secondary N) is 1. The first-order valence-corrected chi connectivity index (χ1v) is 4.58. The maximum Gasteiger partial charge on any atom is 0.411 e. The number of hydrogen-bond acceptors (Lipinski definition) is 2. The SMILES string of the molecule is COC(=O)Nc1cccc(C(C)C)c1. The summed E-state index contributed by atoms with van der Waals surface area (Å²) in [6.45, 7) is 4.22. The van der Waals surface area contributed by atoms with Crippen LogP contribution in [0.15, 0.2) is 24.3 Å². The second-order valence-electron chi connectivity index (χ2n) is 3.40. The molecular formula is C11H15NO2. The molecule has 0 saturated carbocycles. The highest BCUT2D eigenvalue weighted by Crippen LogP contribution is 2.18. The van der Waals surface area contributed by atoms with E-state index in [0.717, 1.165) is 5.69 Å². The number of amides is 1. The maximum absolute atomic E-state index is 10.9. The number of carbonyl (C=O) groups excluding carboxylic acids is 1. The zero-order chi connectivity index (χ0) is 10.6. The van der Waals surface area contributed by atoms with Crippen LogP contribution in [-0.4, -0.2) is 13.2 Å². The van der Waals surface area contributed by atoms with Crippen LogP contribution in [0.4, 0.5) is 10.5 Å². The Morgan fingerprint density at radius 2 is 2.14 bits per heavy atom. The Labute approximate surface area is 84.1 Å². The summed E-state index contributed by atoms with van der Waals surface area (Å²) in [6.07, 6.45) is -0.439. The van der Waals surface area contributed by atoms with Gasteiger partial charge in [0.1, 0.15) is 0 Å². The second-order valence-corrected chi connectivity index (χ2v) is 3.40. The molecule has 0 unspecified atom stereocenters. The minimum absolute atomic E-state index is 0.439. The summed E-state index contributed by atoms with van der Waals surface area (Å²) in [7, 11) is 1.35. The van der Waals surface area contributed by atoms with Gasteiger partial charge in [-0.1, -0.05) is 26.0 Å². The van der Waals surface area contributed by atoms with Crippen molar-refractivity contribution in [3.63, 3.8) is 0 Å². The van der Waals surface area contributed by atoms with Gasteiger partial charge in [-0.3, -0.25) is 5.32 Å². The summed E-state index contributed by atoms with van der Waals surface area (Å²) >= 11 is 0. The standard InChI is InChI=1S/C11H15NO2/c1-8(2)9-5-4-6-10(7-9)12-11(13)14-3/h4-8H,1-3H3,(H,12,13). The van der Waals surface area contributed by atoms with Gasteiger partial charge in [0, 0.05) is 5.69 Å². The van der Waals surface area contributed by atoms with Crippen LogP contribution in [0, 0.1) is 0 Å². The number of carbonyl (C=O) groups is 1. The van der Waals surface area contributed by atoms with Gasteiger partial charge in [-0.25, -0.2) is 4.79 Å². The van der Waals surface area contributed by atoms with Crippen molar-refractivity contribution >= 4 is 11.8 Å². The van der Waals surface area contributed by atoms with Crippen LogP contribution in [0.3, 0.4) is 0 Å². The Hall–Kier alpha value is -1.51. The van der Waals surface area contributed by atoms with Crippen LogP contribution < -0.4 is 5.32 Å². The fourth-order valence-electron chi connectivity index (χ4n) is 1.14. The number of anilines is 1. The Kier molecular flexibility index (Phi) is 3.51. The van der Waals surface area contributed by atoms with Crippen LogP contribution in [0.25, 0.3) is 0 Å². The second kappa shape index (κ2) is 4.65. The van der Waals surface area contributed by atoms with E-state index < -0.39 is 6.09 Å². The number of rotatable bonds is 2. The van der Waals surface area contributed by atoms with Crippen molar-refractivity contribution in [2.45, 2.75) is 19.8 Å². The number of ether oxygens (including phenoxy) is 1. The molecule has 0 aliphatic heterocycles. The van der Waals surface area contributed by atoms with Crippen molar-refractivity contribution in [3.05, 3.63) is 29.8 Å². The predicted octanol–water partition coefficient (Wildman–Crippen LogP) is 2.99. The molecule has 0 aliphatic carbocycles. The first-order valence-electron chi connectivity index (χ1n) is 4.58. The molecular weight excluding hydrogens is 178 g/mol. The van der Waals surface area contributed by atoms with E-state index in [1.807, 2.05) is 24.3 Å². The highest BCUT2D eigenvalue weighted by atomic mass is 16.5. The zero-order valence-corrected chi connectivity index (χ0v) is 8.70. The van der Waals surface area contributed by atoms with Crippen LogP contribution >= 0.6 is 0 Å². The smallest absolute Gasteiger partial charge is 0.411 e. The lowest BCUT2D eigenvalue weighted by Gasteiger charge is -2.08. The van der Waals surface area contributed by atoms with Gasteiger partial charge < -0.3 is 4.74 Å². The van der Waals surface area contributed by atoms with Gasteiger partial charge in [0.15, 0.2) is 0 Å². The molecule has 0 bridgehead atoms. The summed E-state index contributed by atoms with van der Waals surface area (Å²) in [4.78, 5) is 10.9. The molecule has 0 fully saturated rings. The lowest BCUT2D eigenvalue weighted by atomic mass is 10.0. The van der Waals surface area contributed by atoms with Gasteiger partial charge in [0.25, 0.3) is 0 Å². The Balaban J connectivity index is 2.78. The van der Waals surface area contributed by atoms with Crippen molar-refractivity contribution in [3.8, 4) is 0 Å². The van der Waals surface area contributed by atoms with Crippen molar-refractivity contribution < 1.29 is 9.53 Å². The van der Waals surface area contributed by atoms with Gasteiger partial charge in [0.2, 0.25) is 0 Å². The number of hydrogen-bond donors (Lipinski definition) is 1. The predicted molar refractivity (Wildman–Crippen MR) is 56.6 cm³/mol. The molecule has 1 aromatic rings. The third-order valence-corrected chi connectivity index (χ3v) is 1.99. The molecule has 3 nitrogen and oxygen atoms in total. The van der Waals surface area contributed by atoms with E-state index in [2.05, 4.69) is 23.9 Å². The molecule has 1 rings (SSSR count). The van der Waals surface area contributed by atoms with Crippen LogP contribution in [0.5, 0.6) is 0 Å². The van der Waals surface area contributed by atoms with Crippen molar-refractivity contribution in [2.24, 2.45) is 0 Å². The third-order valence-electron chi connectivity index (χ3n) is 1.99. The fraction of sp³-hybridized carbons (Fsp3) is 0.364. The zero-order valence-electron chi connectivity index (χ0n) is 8.70. The summed E-state index contributed by atoms with van der Waals surface area (Å²) < 4.78 is 4.50. The van der Waals surface area contributed by atoms with Gasteiger partial charge in [-0.2, -0.15) is 0 Å². The molecule has 0 aliphatic rings. The monoisotopic (exact) mass is 193 g/mol.